The van der Waals surface area contributed by atoms with Gasteiger partial charge in [-0.15, -0.1) is 0 Å². The van der Waals surface area contributed by atoms with Gasteiger partial charge in [-0.1, -0.05) is 22.9 Å². The summed E-state index contributed by atoms with van der Waals surface area (Å²) in [4.78, 5) is 16.2. The van der Waals surface area contributed by atoms with Crippen molar-refractivity contribution in [2.24, 2.45) is 0 Å². The van der Waals surface area contributed by atoms with Crippen LogP contribution in [0.5, 0.6) is 0 Å². The van der Waals surface area contributed by atoms with Crippen LogP contribution in [0.4, 0.5) is 5.13 Å². The number of aromatic nitrogens is 1. The number of halogens is 1. The molecular weight excluding hydrogens is 184 g/mol. The van der Waals surface area contributed by atoms with Gasteiger partial charge in [0.1, 0.15) is 4.34 Å². The molecule has 1 aromatic heterocycles. The number of thiazole rings is 1. The van der Waals surface area contributed by atoms with Crippen molar-refractivity contribution in [2.45, 2.75) is 6.92 Å². The minimum Gasteiger partial charge on any atom is -0.291 e. The quantitative estimate of drug-likeness (QED) is 0.677. The molecule has 0 fully saturated rings. The molecule has 0 aliphatic heterocycles. The maximum Gasteiger partial charge on any atom is 0.225 e. The minimum atomic E-state index is -0.0454. The molecule has 11 heavy (non-hydrogen) atoms. The van der Waals surface area contributed by atoms with Gasteiger partial charge in [0, 0.05) is 14.0 Å². The summed E-state index contributed by atoms with van der Waals surface area (Å²) in [5.74, 6) is -0.0454. The average Bonchev–Trinajstić information content (AvgIpc) is 2.34. The summed E-state index contributed by atoms with van der Waals surface area (Å²) in [6.07, 6.45) is 1.53. The van der Waals surface area contributed by atoms with Crippen LogP contribution in [0, 0.1) is 0 Å². The highest BCUT2D eigenvalue weighted by atomic mass is 35.5. The van der Waals surface area contributed by atoms with Gasteiger partial charge in [0.15, 0.2) is 5.13 Å². The van der Waals surface area contributed by atoms with Crippen molar-refractivity contribution in [2.75, 3.05) is 11.9 Å². The highest BCUT2D eigenvalue weighted by molar-refractivity contribution is 7.19. The third kappa shape index (κ3) is 1.91. The highest BCUT2D eigenvalue weighted by Crippen LogP contribution is 2.24. The van der Waals surface area contributed by atoms with Gasteiger partial charge in [-0.2, -0.15) is 0 Å². The molecule has 0 aliphatic rings. The van der Waals surface area contributed by atoms with Crippen LogP contribution in [0.1, 0.15) is 6.92 Å². The molecule has 0 saturated carbocycles. The van der Waals surface area contributed by atoms with Crippen molar-refractivity contribution in [3.63, 3.8) is 0 Å². The molecule has 3 nitrogen and oxygen atoms in total. The van der Waals surface area contributed by atoms with Crippen molar-refractivity contribution < 1.29 is 4.79 Å². The Kier molecular flexibility index (Phi) is 2.46. The number of carbonyl (C=O) groups excluding carboxylic acids is 1. The molecule has 0 spiro atoms. The second kappa shape index (κ2) is 3.19. The van der Waals surface area contributed by atoms with E-state index in [-0.39, 0.29) is 5.91 Å². The second-order valence-corrected chi connectivity index (χ2v) is 3.67. The van der Waals surface area contributed by atoms with Gasteiger partial charge in [0.2, 0.25) is 5.91 Å². The number of nitrogens with zero attached hydrogens (tertiary/aromatic N) is 2. The summed E-state index contributed by atoms with van der Waals surface area (Å²) in [6, 6.07) is 0. The van der Waals surface area contributed by atoms with Gasteiger partial charge < -0.3 is 0 Å². The number of hydrogen-bond donors (Lipinski definition) is 0. The van der Waals surface area contributed by atoms with E-state index in [4.69, 9.17) is 11.6 Å². The number of amides is 1. The van der Waals surface area contributed by atoms with E-state index in [1.165, 1.54) is 29.4 Å². The summed E-state index contributed by atoms with van der Waals surface area (Å²) in [5.41, 5.74) is 0. The third-order valence-corrected chi connectivity index (χ3v) is 2.42. The van der Waals surface area contributed by atoms with Crippen LogP contribution < -0.4 is 4.90 Å². The Bertz CT molecular complexity index is 273. The van der Waals surface area contributed by atoms with Gasteiger partial charge in [0.05, 0.1) is 6.20 Å². The van der Waals surface area contributed by atoms with E-state index in [0.29, 0.717) is 9.47 Å². The molecule has 0 radical (unpaired) electrons. The fraction of sp³-hybridized carbons (Fsp3) is 0.333. The van der Waals surface area contributed by atoms with Crippen molar-refractivity contribution >= 4 is 34.0 Å². The molecule has 0 N–H and O–H groups in total. The van der Waals surface area contributed by atoms with Crippen LogP contribution in [-0.2, 0) is 4.79 Å². The smallest absolute Gasteiger partial charge is 0.225 e. The topological polar surface area (TPSA) is 33.2 Å². The minimum absolute atomic E-state index is 0.0454. The van der Waals surface area contributed by atoms with Crippen LogP contribution in [0.15, 0.2) is 6.20 Å². The van der Waals surface area contributed by atoms with E-state index in [1.807, 2.05) is 0 Å². The van der Waals surface area contributed by atoms with E-state index < -0.39 is 0 Å². The molecule has 60 valence electrons. The lowest BCUT2D eigenvalue weighted by Gasteiger charge is -2.08. The van der Waals surface area contributed by atoms with Gasteiger partial charge in [-0.05, 0) is 0 Å². The SMILES string of the molecule is CC(=O)N(C)c1ncc(Cl)s1. The van der Waals surface area contributed by atoms with Crippen LogP contribution >= 0.6 is 22.9 Å². The fourth-order valence-corrected chi connectivity index (χ4v) is 1.44. The van der Waals surface area contributed by atoms with Gasteiger partial charge >= 0.3 is 0 Å². The van der Waals surface area contributed by atoms with Gasteiger partial charge in [-0.25, -0.2) is 4.98 Å². The van der Waals surface area contributed by atoms with Crippen LogP contribution in [0.25, 0.3) is 0 Å². The molecule has 0 aliphatic carbocycles. The first-order chi connectivity index (χ1) is 5.11. The molecular formula is C6H7ClN2OS. The van der Waals surface area contributed by atoms with Crippen molar-refractivity contribution in [3.8, 4) is 0 Å². The van der Waals surface area contributed by atoms with E-state index in [1.54, 1.807) is 7.05 Å². The molecule has 0 unspecified atom stereocenters. The zero-order chi connectivity index (χ0) is 8.43. The molecule has 0 bridgehead atoms. The van der Waals surface area contributed by atoms with Crippen molar-refractivity contribution in [1.82, 2.24) is 4.98 Å². The van der Waals surface area contributed by atoms with E-state index in [2.05, 4.69) is 4.98 Å². The monoisotopic (exact) mass is 190 g/mol. The summed E-state index contributed by atoms with van der Waals surface area (Å²) < 4.78 is 0.591. The van der Waals surface area contributed by atoms with Gasteiger partial charge in [-0.3, -0.25) is 9.69 Å². The normalized spacial score (nSPS) is 9.73. The maximum absolute atomic E-state index is 10.8. The molecule has 5 heteroatoms. The Hall–Kier alpha value is -0.610. The van der Waals surface area contributed by atoms with Crippen LogP contribution in [0.2, 0.25) is 4.34 Å². The molecule has 1 heterocycles. The lowest BCUT2D eigenvalue weighted by atomic mass is 10.6. The first-order valence-corrected chi connectivity index (χ1v) is 4.16. The zero-order valence-corrected chi connectivity index (χ0v) is 7.74. The lowest BCUT2D eigenvalue weighted by molar-refractivity contribution is -0.116. The average molecular weight is 191 g/mol. The highest BCUT2D eigenvalue weighted by Gasteiger charge is 2.08. The molecule has 0 aromatic carbocycles. The van der Waals surface area contributed by atoms with Gasteiger partial charge in [0.25, 0.3) is 0 Å². The van der Waals surface area contributed by atoms with E-state index in [0.717, 1.165) is 0 Å². The number of hydrogen-bond acceptors (Lipinski definition) is 3. The zero-order valence-electron chi connectivity index (χ0n) is 6.17. The number of carbonyl (C=O) groups is 1. The Labute approximate surface area is 73.6 Å². The lowest BCUT2D eigenvalue weighted by Crippen LogP contribution is -2.22. The first kappa shape index (κ1) is 8.49. The van der Waals surface area contributed by atoms with Crippen LogP contribution in [-0.4, -0.2) is 17.9 Å². The van der Waals surface area contributed by atoms with Crippen molar-refractivity contribution in [1.29, 1.82) is 0 Å². The molecule has 0 atom stereocenters. The molecule has 1 rings (SSSR count). The Morgan fingerprint density at radius 2 is 2.45 bits per heavy atom. The van der Waals surface area contributed by atoms with E-state index >= 15 is 0 Å². The summed E-state index contributed by atoms with van der Waals surface area (Å²) in [7, 11) is 1.66. The molecule has 1 amide bonds. The van der Waals surface area contributed by atoms with Crippen molar-refractivity contribution in [3.05, 3.63) is 10.5 Å². The predicted molar refractivity (Wildman–Crippen MR) is 46.2 cm³/mol. The first-order valence-electron chi connectivity index (χ1n) is 2.97. The summed E-state index contributed by atoms with van der Waals surface area (Å²) in [5, 5.41) is 0.627. The molecule has 0 saturated heterocycles. The van der Waals surface area contributed by atoms with E-state index in [9.17, 15) is 4.79 Å². The molecule has 1 aromatic rings. The number of anilines is 1. The third-order valence-electron chi connectivity index (χ3n) is 1.22. The summed E-state index contributed by atoms with van der Waals surface area (Å²) in [6.45, 7) is 1.48. The maximum atomic E-state index is 10.8. The Morgan fingerprint density at radius 3 is 2.82 bits per heavy atom. The standard InChI is InChI=1S/C6H7ClN2OS/c1-4(10)9(2)6-8-3-5(7)11-6/h3H,1-2H3. The summed E-state index contributed by atoms with van der Waals surface area (Å²) >= 11 is 6.91. The Morgan fingerprint density at radius 1 is 1.82 bits per heavy atom. The fourth-order valence-electron chi connectivity index (χ4n) is 0.536. The second-order valence-electron chi connectivity index (χ2n) is 2.02. The predicted octanol–water partition coefficient (Wildman–Crippen LogP) is 1.78. The van der Waals surface area contributed by atoms with Crippen LogP contribution in [0.3, 0.4) is 0 Å². The largest absolute Gasteiger partial charge is 0.291 e. The Balaban J connectivity index is 2.84. The number of rotatable bonds is 1.